The minimum atomic E-state index is -0.166. The van der Waals surface area contributed by atoms with E-state index in [1.165, 1.54) is 6.08 Å². The number of likely N-dealkylation sites (tertiary alicyclic amines) is 1. The van der Waals surface area contributed by atoms with Gasteiger partial charge in [0.05, 0.1) is 25.3 Å². The quantitative estimate of drug-likeness (QED) is 0.662. The fraction of sp³-hybridized carbons (Fsp3) is 0.350. The lowest BCUT2D eigenvalue weighted by molar-refractivity contribution is -0.127. The molecule has 1 atom stereocenters. The second-order valence-electron chi connectivity index (χ2n) is 6.51. The molecule has 1 amide bonds. The first kappa shape index (κ1) is 17.9. The third kappa shape index (κ3) is 4.02. The van der Waals surface area contributed by atoms with Crippen LogP contribution >= 0.6 is 0 Å². The molecule has 0 unspecified atom stereocenters. The summed E-state index contributed by atoms with van der Waals surface area (Å²) in [6.45, 7) is 3.04. The molecule has 0 spiro atoms. The van der Waals surface area contributed by atoms with Crippen LogP contribution in [0.3, 0.4) is 0 Å². The molecule has 0 aliphatic carbocycles. The van der Waals surface area contributed by atoms with Gasteiger partial charge in [-0.05, 0) is 49.6 Å². The van der Waals surface area contributed by atoms with Gasteiger partial charge in [-0.15, -0.1) is 0 Å². The Morgan fingerprint density at radius 2 is 2.23 bits per heavy atom. The fourth-order valence-corrected chi connectivity index (χ4v) is 3.28. The molecule has 0 radical (unpaired) electrons. The summed E-state index contributed by atoms with van der Waals surface area (Å²) >= 11 is 0. The molecule has 2 heterocycles. The molecule has 136 valence electrons. The number of carbonyl (C=O) groups excluding carboxylic acids is 2. The average molecular weight is 353 g/mol. The molecule has 0 saturated carbocycles. The number of aromatic nitrogens is 2. The van der Waals surface area contributed by atoms with E-state index in [2.05, 4.69) is 9.97 Å². The molecule has 6 heteroatoms. The zero-order valence-electron chi connectivity index (χ0n) is 15.1. The highest BCUT2D eigenvalue weighted by molar-refractivity contribution is 6.00. The number of ketones is 1. The number of nitrogens with one attached hydrogen (secondary N) is 1. The molecule has 1 aliphatic heterocycles. The summed E-state index contributed by atoms with van der Waals surface area (Å²) in [5.74, 6) is 0.590. The molecule has 3 rings (SSSR count). The first-order valence-electron chi connectivity index (χ1n) is 8.72. The van der Waals surface area contributed by atoms with Gasteiger partial charge >= 0.3 is 0 Å². The highest BCUT2D eigenvalue weighted by atomic mass is 16.5. The van der Waals surface area contributed by atoms with Crippen LogP contribution < -0.4 is 4.74 Å². The number of ether oxygens (including phenoxy) is 1. The molecule has 1 fully saturated rings. The van der Waals surface area contributed by atoms with E-state index < -0.39 is 0 Å². The lowest BCUT2D eigenvalue weighted by Crippen LogP contribution is -2.41. The van der Waals surface area contributed by atoms with Crippen LogP contribution in [0.4, 0.5) is 0 Å². The van der Waals surface area contributed by atoms with Crippen LogP contribution in [0.15, 0.2) is 36.8 Å². The number of aromatic amines is 1. The predicted molar refractivity (Wildman–Crippen MR) is 99.0 cm³/mol. The van der Waals surface area contributed by atoms with Gasteiger partial charge in [-0.3, -0.25) is 9.59 Å². The highest BCUT2D eigenvalue weighted by Gasteiger charge is 2.29. The summed E-state index contributed by atoms with van der Waals surface area (Å²) in [7, 11) is 1.61. The van der Waals surface area contributed by atoms with E-state index >= 15 is 0 Å². The molecule has 1 aromatic heterocycles. The monoisotopic (exact) mass is 353 g/mol. The summed E-state index contributed by atoms with van der Waals surface area (Å²) in [4.78, 5) is 33.9. The highest BCUT2D eigenvalue weighted by Crippen LogP contribution is 2.25. The van der Waals surface area contributed by atoms with Crippen molar-refractivity contribution in [1.82, 2.24) is 14.9 Å². The number of benzene rings is 1. The number of carbonyl (C=O) groups is 2. The van der Waals surface area contributed by atoms with Crippen molar-refractivity contribution in [2.24, 2.45) is 5.92 Å². The minimum Gasteiger partial charge on any atom is -0.497 e. The van der Waals surface area contributed by atoms with E-state index in [9.17, 15) is 9.59 Å². The molecule has 1 saturated heterocycles. The van der Waals surface area contributed by atoms with Gasteiger partial charge in [0.25, 0.3) is 0 Å². The van der Waals surface area contributed by atoms with E-state index in [0.29, 0.717) is 18.7 Å². The number of amides is 1. The summed E-state index contributed by atoms with van der Waals surface area (Å²) in [6, 6.07) is 5.49. The predicted octanol–water partition coefficient (Wildman–Crippen LogP) is 2.86. The first-order chi connectivity index (χ1) is 12.6. The molecule has 0 bridgehead atoms. The van der Waals surface area contributed by atoms with Gasteiger partial charge in [0, 0.05) is 30.6 Å². The van der Waals surface area contributed by atoms with Crippen molar-refractivity contribution in [3.63, 3.8) is 0 Å². The number of aryl methyl sites for hydroxylation is 1. The number of nitrogens with zero attached hydrogens (tertiary/aromatic N) is 2. The Hall–Kier alpha value is -2.89. The second-order valence-corrected chi connectivity index (χ2v) is 6.51. The van der Waals surface area contributed by atoms with E-state index in [0.717, 1.165) is 29.8 Å². The summed E-state index contributed by atoms with van der Waals surface area (Å²) in [5.41, 5.74) is 2.38. The summed E-state index contributed by atoms with van der Waals surface area (Å²) < 4.78 is 5.20. The van der Waals surface area contributed by atoms with Gasteiger partial charge in [0.15, 0.2) is 5.78 Å². The first-order valence-corrected chi connectivity index (χ1v) is 8.72. The maximum Gasteiger partial charge on any atom is 0.246 e. The number of hydrogen-bond donors (Lipinski definition) is 1. The number of rotatable bonds is 5. The smallest absolute Gasteiger partial charge is 0.246 e. The molecule has 2 aromatic rings. The zero-order valence-corrected chi connectivity index (χ0v) is 15.1. The zero-order chi connectivity index (χ0) is 18.5. The van der Waals surface area contributed by atoms with Crippen molar-refractivity contribution in [3.05, 3.63) is 53.6 Å². The van der Waals surface area contributed by atoms with Gasteiger partial charge in [0.2, 0.25) is 5.91 Å². The van der Waals surface area contributed by atoms with E-state index in [1.54, 1.807) is 36.7 Å². The van der Waals surface area contributed by atoms with Crippen LogP contribution in [0.25, 0.3) is 6.08 Å². The van der Waals surface area contributed by atoms with Crippen molar-refractivity contribution in [2.75, 3.05) is 20.2 Å². The summed E-state index contributed by atoms with van der Waals surface area (Å²) in [5, 5.41) is 0. The molecular weight excluding hydrogens is 330 g/mol. The van der Waals surface area contributed by atoms with Crippen molar-refractivity contribution in [3.8, 4) is 5.75 Å². The molecule has 26 heavy (non-hydrogen) atoms. The number of methoxy groups -OCH3 is 1. The van der Waals surface area contributed by atoms with Crippen LogP contribution in [-0.4, -0.2) is 46.8 Å². The second kappa shape index (κ2) is 7.99. The molecule has 1 N–H and O–H groups in total. The van der Waals surface area contributed by atoms with E-state index in [-0.39, 0.29) is 17.6 Å². The largest absolute Gasteiger partial charge is 0.497 e. The number of H-pyrrole nitrogens is 1. The van der Waals surface area contributed by atoms with Gasteiger partial charge < -0.3 is 14.6 Å². The average Bonchev–Trinajstić information content (AvgIpc) is 3.19. The molecule has 1 aromatic carbocycles. The van der Waals surface area contributed by atoms with Gasteiger partial charge in [-0.1, -0.05) is 0 Å². The SMILES string of the molecule is COc1ccc(C(=O)[C@@H]2CCCN(C(=O)/C=C/c3cnc[nH]3)C2)c(C)c1. The lowest BCUT2D eigenvalue weighted by atomic mass is 9.88. The number of hydrogen-bond acceptors (Lipinski definition) is 4. The standard InChI is InChI=1S/C20H23N3O3/c1-14-10-17(26-2)6-7-18(14)20(25)15-4-3-9-23(12-15)19(24)8-5-16-11-21-13-22-16/h5-8,10-11,13,15H,3-4,9,12H2,1-2H3,(H,21,22)/b8-5+/t15-/m1/s1. The number of piperidine rings is 1. The maximum atomic E-state index is 12.9. The third-order valence-electron chi connectivity index (χ3n) is 4.73. The topological polar surface area (TPSA) is 75.3 Å². The van der Waals surface area contributed by atoms with Crippen LogP contribution in [0.2, 0.25) is 0 Å². The normalized spacial score (nSPS) is 17.5. The summed E-state index contributed by atoms with van der Waals surface area (Å²) in [6.07, 6.45) is 8.08. The van der Waals surface area contributed by atoms with Crippen molar-refractivity contribution in [2.45, 2.75) is 19.8 Å². The Labute approximate surface area is 152 Å². The molecule has 1 aliphatic rings. The van der Waals surface area contributed by atoms with E-state index in [4.69, 9.17) is 4.74 Å². The minimum absolute atomic E-state index is 0.0800. The van der Waals surface area contributed by atoms with Crippen molar-refractivity contribution < 1.29 is 14.3 Å². The van der Waals surface area contributed by atoms with E-state index in [1.807, 2.05) is 19.1 Å². The van der Waals surface area contributed by atoms with Gasteiger partial charge in [0.1, 0.15) is 5.75 Å². The molecule has 6 nitrogen and oxygen atoms in total. The van der Waals surface area contributed by atoms with Gasteiger partial charge in [-0.25, -0.2) is 4.98 Å². The third-order valence-corrected chi connectivity index (χ3v) is 4.73. The maximum absolute atomic E-state index is 12.9. The Kier molecular flexibility index (Phi) is 5.51. The number of imidazole rings is 1. The Bertz CT molecular complexity index is 812. The van der Waals surface area contributed by atoms with Crippen LogP contribution in [0.1, 0.15) is 34.5 Å². The van der Waals surface area contributed by atoms with Crippen LogP contribution in [-0.2, 0) is 4.79 Å². The Morgan fingerprint density at radius 1 is 1.38 bits per heavy atom. The van der Waals surface area contributed by atoms with Gasteiger partial charge in [-0.2, -0.15) is 0 Å². The number of Topliss-reactive ketones (excluding diaryl/α,β-unsaturated/α-hetero) is 1. The Morgan fingerprint density at radius 3 is 2.92 bits per heavy atom. The van der Waals surface area contributed by atoms with Crippen molar-refractivity contribution in [1.29, 1.82) is 0 Å². The van der Waals surface area contributed by atoms with Crippen LogP contribution in [0, 0.1) is 12.8 Å². The lowest BCUT2D eigenvalue weighted by Gasteiger charge is -2.31. The Balaban J connectivity index is 1.67. The van der Waals surface area contributed by atoms with Crippen LogP contribution in [0.5, 0.6) is 5.75 Å². The fourth-order valence-electron chi connectivity index (χ4n) is 3.28. The molecular formula is C20H23N3O3. The van der Waals surface area contributed by atoms with Crippen molar-refractivity contribution >= 4 is 17.8 Å².